The van der Waals surface area contributed by atoms with Gasteiger partial charge in [-0.1, -0.05) is 35.9 Å². The Labute approximate surface area is 134 Å². The van der Waals surface area contributed by atoms with Gasteiger partial charge in [0.1, 0.15) is 0 Å². The second-order valence-corrected chi connectivity index (χ2v) is 6.21. The van der Waals surface area contributed by atoms with Gasteiger partial charge < -0.3 is 5.41 Å². The first-order valence-electron chi connectivity index (χ1n) is 7.79. The molecule has 22 heavy (non-hydrogen) atoms. The first-order chi connectivity index (χ1) is 10.4. The van der Waals surface area contributed by atoms with Crippen molar-refractivity contribution < 1.29 is 0 Å². The highest BCUT2D eigenvalue weighted by atomic mass is 14.4. The second-order valence-electron chi connectivity index (χ2n) is 6.21. The zero-order valence-corrected chi connectivity index (χ0v) is 14.1. The van der Waals surface area contributed by atoms with Gasteiger partial charge in [-0.2, -0.15) is 0 Å². The van der Waals surface area contributed by atoms with Crippen molar-refractivity contribution >= 4 is 5.71 Å². The molecule has 1 N–H and O–H groups in total. The number of allylic oxidation sites excluding steroid dienone is 1. The van der Waals surface area contributed by atoms with E-state index in [2.05, 4.69) is 63.7 Å². The van der Waals surface area contributed by atoms with E-state index in [1.165, 1.54) is 27.8 Å². The zero-order valence-electron chi connectivity index (χ0n) is 14.1. The standard InChI is InChI=1S/C21H25N/c1-14(2)9-12-21(22)18-10-11-19(16(4)13-18)20-8-6-7-15(3)17(20)5/h6-8,10-11,13,22H,1,9,12H2,2-5H3. The molecule has 0 saturated carbocycles. The third-order valence-corrected chi connectivity index (χ3v) is 4.27. The SMILES string of the molecule is C=C(C)CCC(=N)c1ccc(-c2cccc(C)c2C)c(C)c1. The fraction of sp³-hybridized carbons (Fsp3) is 0.286. The van der Waals surface area contributed by atoms with E-state index in [0.29, 0.717) is 5.71 Å². The first-order valence-corrected chi connectivity index (χ1v) is 7.79. The van der Waals surface area contributed by atoms with Crippen LogP contribution in [0.1, 0.15) is 42.0 Å². The summed E-state index contributed by atoms with van der Waals surface area (Å²) in [5.41, 5.74) is 9.27. The molecule has 0 atom stereocenters. The van der Waals surface area contributed by atoms with Gasteiger partial charge in [-0.25, -0.2) is 0 Å². The molecule has 0 heterocycles. The first kappa shape index (κ1) is 16.2. The molecule has 2 aromatic carbocycles. The quantitative estimate of drug-likeness (QED) is 0.516. The van der Waals surface area contributed by atoms with Crippen LogP contribution in [-0.4, -0.2) is 5.71 Å². The smallest absolute Gasteiger partial charge is 0.0389 e. The van der Waals surface area contributed by atoms with E-state index < -0.39 is 0 Å². The number of hydrogen-bond acceptors (Lipinski definition) is 1. The summed E-state index contributed by atoms with van der Waals surface area (Å²) >= 11 is 0. The molecule has 1 heteroatoms. The maximum atomic E-state index is 8.23. The Bertz CT molecular complexity index is 723. The fourth-order valence-electron chi connectivity index (χ4n) is 2.68. The predicted molar refractivity (Wildman–Crippen MR) is 97.0 cm³/mol. The number of hydrogen-bond donors (Lipinski definition) is 1. The summed E-state index contributed by atoms with van der Waals surface area (Å²) in [6.07, 6.45) is 1.65. The van der Waals surface area contributed by atoms with E-state index >= 15 is 0 Å². The van der Waals surface area contributed by atoms with Crippen molar-refractivity contribution in [3.8, 4) is 11.1 Å². The van der Waals surface area contributed by atoms with Crippen LogP contribution in [0.5, 0.6) is 0 Å². The van der Waals surface area contributed by atoms with Gasteiger partial charge in [0, 0.05) is 5.71 Å². The maximum absolute atomic E-state index is 8.23. The third kappa shape index (κ3) is 3.54. The van der Waals surface area contributed by atoms with E-state index in [-0.39, 0.29) is 0 Å². The lowest BCUT2D eigenvalue weighted by Crippen LogP contribution is -2.00. The van der Waals surface area contributed by atoms with Crippen LogP contribution in [0.3, 0.4) is 0 Å². The Kier molecular flexibility index (Phi) is 4.97. The van der Waals surface area contributed by atoms with Crippen LogP contribution in [0.15, 0.2) is 48.6 Å². The topological polar surface area (TPSA) is 23.9 Å². The number of benzene rings is 2. The van der Waals surface area contributed by atoms with Gasteiger partial charge in [-0.05, 0) is 80.0 Å². The molecule has 0 spiro atoms. The highest BCUT2D eigenvalue weighted by Crippen LogP contribution is 2.29. The van der Waals surface area contributed by atoms with Crippen molar-refractivity contribution in [2.45, 2.75) is 40.5 Å². The molecule has 0 fully saturated rings. The molecule has 1 nitrogen and oxygen atoms in total. The normalized spacial score (nSPS) is 10.5. The lowest BCUT2D eigenvalue weighted by Gasteiger charge is -2.13. The minimum Gasteiger partial charge on any atom is -0.305 e. The largest absolute Gasteiger partial charge is 0.305 e. The summed E-state index contributed by atoms with van der Waals surface area (Å²) in [7, 11) is 0. The van der Waals surface area contributed by atoms with Crippen molar-refractivity contribution in [1.82, 2.24) is 0 Å². The van der Waals surface area contributed by atoms with Crippen molar-refractivity contribution in [1.29, 1.82) is 5.41 Å². The fourth-order valence-corrected chi connectivity index (χ4v) is 2.68. The molecule has 114 valence electrons. The molecule has 0 saturated heterocycles. The van der Waals surface area contributed by atoms with Crippen molar-refractivity contribution in [3.63, 3.8) is 0 Å². The predicted octanol–water partition coefficient (Wildman–Crippen LogP) is 6.00. The Morgan fingerprint density at radius 2 is 1.68 bits per heavy atom. The van der Waals surface area contributed by atoms with E-state index in [4.69, 9.17) is 5.41 Å². The van der Waals surface area contributed by atoms with E-state index in [9.17, 15) is 0 Å². The number of nitrogens with one attached hydrogen (secondary N) is 1. The average molecular weight is 291 g/mol. The maximum Gasteiger partial charge on any atom is 0.0389 e. The van der Waals surface area contributed by atoms with Gasteiger partial charge in [-0.3, -0.25) is 0 Å². The van der Waals surface area contributed by atoms with Crippen LogP contribution in [0, 0.1) is 26.2 Å². The average Bonchev–Trinajstić information content (AvgIpc) is 2.48. The van der Waals surface area contributed by atoms with Crippen LogP contribution in [-0.2, 0) is 0 Å². The van der Waals surface area contributed by atoms with E-state index in [0.717, 1.165) is 24.0 Å². The molecular weight excluding hydrogens is 266 g/mol. The minimum atomic E-state index is 0.693. The van der Waals surface area contributed by atoms with Crippen LogP contribution in [0.25, 0.3) is 11.1 Å². The Hall–Kier alpha value is -2.15. The van der Waals surface area contributed by atoms with Crippen molar-refractivity contribution in [3.05, 3.63) is 70.8 Å². The molecule has 0 aliphatic rings. The van der Waals surface area contributed by atoms with Crippen LogP contribution < -0.4 is 0 Å². The summed E-state index contributed by atoms with van der Waals surface area (Å²) in [5, 5.41) is 8.23. The molecule has 0 radical (unpaired) electrons. The van der Waals surface area contributed by atoms with Gasteiger partial charge in [-0.15, -0.1) is 6.58 Å². The molecule has 2 aromatic rings. The van der Waals surface area contributed by atoms with Gasteiger partial charge >= 0.3 is 0 Å². The molecule has 0 aromatic heterocycles. The van der Waals surface area contributed by atoms with Crippen molar-refractivity contribution in [2.75, 3.05) is 0 Å². The Morgan fingerprint density at radius 1 is 0.955 bits per heavy atom. The van der Waals surface area contributed by atoms with Gasteiger partial charge in [0.25, 0.3) is 0 Å². The summed E-state index contributed by atoms with van der Waals surface area (Å²) in [6, 6.07) is 12.8. The van der Waals surface area contributed by atoms with Crippen molar-refractivity contribution in [2.24, 2.45) is 0 Å². The molecular formula is C21H25N. The lowest BCUT2D eigenvalue weighted by atomic mass is 9.92. The van der Waals surface area contributed by atoms with E-state index in [1.54, 1.807) is 0 Å². The summed E-state index contributed by atoms with van der Waals surface area (Å²) in [4.78, 5) is 0. The summed E-state index contributed by atoms with van der Waals surface area (Å²) < 4.78 is 0. The van der Waals surface area contributed by atoms with Crippen LogP contribution in [0.2, 0.25) is 0 Å². The minimum absolute atomic E-state index is 0.693. The number of rotatable bonds is 5. The molecule has 0 aliphatic heterocycles. The molecule has 0 aliphatic carbocycles. The van der Waals surface area contributed by atoms with Gasteiger partial charge in [0.2, 0.25) is 0 Å². The molecule has 0 unspecified atom stereocenters. The lowest BCUT2D eigenvalue weighted by molar-refractivity contribution is 1.01. The highest BCUT2D eigenvalue weighted by molar-refractivity contribution is 5.99. The summed E-state index contributed by atoms with van der Waals surface area (Å²) in [5.74, 6) is 0. The zero-order chi connectivity index (χ0) is 16.3. The van der Waals surface area contributed by atoms with E-state index in [1.807, 2.05) is 6.92 Å². The Morgan fingerprint density at radius 3 is 2.32 bits per heavy atom. The van der Waals surface area contributed by atoms with Crippen LogP contribution >= 0.6 is 0 Å². The second kappa shape index (κ2) is 6.74. The number of aryl methyl sites for hydroxylation is 2. The molecule has 0 amide bonds. The molecule has 2 rings (SSSR count). The Balaban J connectivity index is 2.32. The highest BCUT2D eigenvalue weighted by Gasteiger charge is 2.09. The monoisotopic (exact) mass is 291 g/mol. The van der Waals surface area contributed by atoms with Gasteiger partial charge in [0.05, 0.1) is 0 Å². The van der Waals surface area contributed by atoms with Crippen LogP contribution in [0.4, 0.5) is 0 Å². The summed E-state index contributed by atoms with van der Waals surface area (Å²) in [6.45, 7) is 12.4. The third-order valence-electron chi connectivity index (χ3n) is 4.27. The molecule has 0 bridgehead atoms. The van der Waals surface area contributed by atoms with Gasteiger partial charge in [0.15, 0.2) is 0 Å².